The van der Waals surface area contributed by atoms with Gasteiger partial charge in [0, 0.05) is 29.7 Å². The van der Waals surface area contributed by atoms with E-state index in [0.29, 0.717) is 0 Å². The van der Waals surface area contributed by atoms with Crippen LogP contribution in [0.25, 0.3) is 22.0 Å². The molecule has 0 aliphatic carbocycles. The van der Waals surface area contributed by atoms with E-state index in [2.05, 4.69) is 81.8 Å². The highest BCUT2D eigenvalue weighted by molar-refractivity contribution is 5.85. The first-order valence-corrected chi connectivity index (χ1v) is 8.23. The summed E-state index contributed by atoms with van der Waals surface area (Å²) < 4.78 is 0. The fourth-order valence-corrected chi connectivity index (χ4v) is 3.70. The first-order chi connectivity index (χ1) is 11.9. The molecule has 0 saturated carbocycles. The summed E-state index contributed by atoms with van der Waals surface area (Å²) in [5, 5.41) is 8.46. The predicted molar refractivity (Wildman–Crippen MR) is 97.9 cm³/mol. The summed E-state index contributed by atoms with van der Waals surface area (Å²) >= 11 is 0. The Morgan fingerprint density at radius 3 is 2.67 bits per heavy atom. The Morgan fingerprint density at radius 1 is 0.875 bits per heavy atom. The standard InChI is InChI=1S/C21H17N3/c1-2-8-17-15(6-1)13-24(21-11-4-3-9-18(17)21)14-16-7-5-10-20-19(16)12-22-23-20/h1-12H,13-14H2,(H,22,23). The van der Waals surface area contributed by atoms with Crippen LogP contribution in [0.3, 0.4) is 0 Å². The summed E-state index contributed by atoms with van der Waals surface area (Å²) in [6.07, 6.45) is 1.93. The molecule has 116 valence electrons. The predicted octanol–water partition coefficient (Wildman–Crippen LogP) is 4.75. The number of aromatic nitrogens is 2. The highest BCUT2D eigenvalue weighted by Gasteiger charge is 2.21. The molecule has 5 rings (SSSR count). The van der Waals surface area contributed by atoms with Crippen LogP contribution in [0.5, 0.6) is 0 Å². The highest BCUT2D eigenvalue weighted by atomic mass is 15.1. The Bertz CT molecular complexity index is 1030. The SMILES string of the molecule is c1ccc2c(c1)CN(Cc1cccc3[nH]ncc13)c1ccccc1-2. The number of para-hydroxylation sites is 1. The number of fused-ring (bicyclic) bond motifs is 4. The quantitative estimate of drug-likeness (QED) is 0.579. The van der Waals surface area contributed by atoms with Crippen molar-refractivity contribution in [1.82, 2.24) is 10.2 Å². The molecule has 0 spiro atoms. The lowest BCUT2D eigenvalue weighted by Crippen LogP contribution is -2.26. The fourth-order valence-electron chi connectivity index (χ4n) is 3.70. The van der Waals surface area contributed by atoms with Crippen LogP contribution in [0.4, 0.5) is 5.69 Å². The van der Waals surface area contributed by atoms with Crippen molar-refractivity contribution < 1.29 is 0 Å². The van der Waals surface area contributed by atoms with Gasteiger partial charge in [-0.3, -0.25) is 5.10 Å². The lowest BCUT2D eigenvalue weighted by molar-refractivity contribution is 0.796. The van der Waals surface area contributed by atoms with E-state index < -0.39 is 0 Å². The largest absolute Gasteiger partial charge is 0.362 e. The Labute approximate surface area is 140 Å². The van der Waals surface area contributed by atoms with Crippen LogP contribution in [0.15, 0.2) is 72.9 Å². The second-order valence-corrected chi connectivity index (χ2v) is 6.28. The molecule has 2 heterocycles. The van der Waals surface area contributed by atoms with E-state index in [9.17, 15) is 0 Å². The van der Waals surface area contributed by atoms with Gasteiger partial charge in [-0.1, -0.05) is 54.6 Å². The maximum atomic E-state index is 4.19. The average Bonchev–Trinajstić information content (AvgIpc) is 3.12. The summed E-state index contributed by atoms with van der Waals surface area (Å²) in [6, 6.07) is 23.8. The zero-order valence-corrected chi connectivity index (χ0v) is 13.2. The number of benzene rings is 3. The zero-order valence-electron chi connectivity index (χ0n) is 13.2. The number of anilines is 1. The molecular formula is C21H17N3. The van der Waals surface area contributed by atoms with Gasteiger partial charge in [-0.05, 0) is 28.8 Å². The van der Waals surface area contributed by atoms with Gasteiger partial charge in [0.1, 0.15) is 0 Å². The molecular weight excluding hydrogens is 294 g/mol. The van der Waals surface area contributed by atoms with E-state index >= 15 is 0 Å². The van der Waals surface area contributed by atoms with Gasteiger partial charge in [0.05, 0.1) is 11.7 Å². The maximum Gasteiger partial charge on any atom is 0.0653 e. The molecule has 3 heteroatoms. The van der Waals surface area contributed by atoms with E-state index in [1.54, 1.807) is 0 Å². The summed E-state index contributed by atoms with van der Waals surface area (Å²) in [4.78, 5) is 2.46. The lowest BCUT2D eigenvalue weighted by Gasteiger charge is -2.33. The third-order valence-electron chi connectivity index (χ3n) is 4.85. The van der Waals surface area contributed by atoms with E-state index in [1.807, 2.05) is 6.20 Å². The van der Waals surface area contributed by atoms with Crippen LogP contribution in [0.1, 0.15) is 11.1 Å². The summed E-state index contributed by atoms with van der Waals surface area (Å²) in [6.45, 7) is 1.81. The van der Waals surface area contributed by atoms with Crippen LogP contribution in [-0.2, 0) is 13.1 Å². The molecule has 3 nitrogen and oxygen atoms in total. The van der Waals surface area contributed by atoms with Crippen molar-refractivity contribution >= 4 is 16.6 Å². The van der Waals surface area contributed by atoms with Crippen molar-refractivity contribution in [2.75, 3.05) is 4.90 Å². The van der Waals surface area contributed by atoms with E-state index in [1.165, 1.54) is 33.3 Å². The van der Waals surface area contributed by atoms with Crippen molar-refractivity contribution in [3.8, 4) is 11.1 Å². The van der Waals surface area contributed by atoms with Gasteiger partial charge in [0.2, 0.25) is 0 Å². The van der Waals surface area contributed by atoms with Crippen LogP contribution in [0, 0.1) is 0 Å². The number of hydrogen-bond donors (Lipinski definition) is 1. The average molecular weight is 311 g/mol. The zero-order chi connectivity index (χ0) is 15.9. The first kappa shape index (κ1) is 13.4. The molecule has 1 N–H and O–H groups in total. The number of rotatable bonds is 2. The topological polar surface area (TPSA) is 31.9 Å². The molecule has 4 aromatic rings. The van der Waals surface area contributed by atoms with Crippen molar-refractivity contribution in [2.45, 2.75) is 13.1 Å². The van der Waals surface area contributed by atoms with E-state index in [0.717, 1.165) is 18.6 Å². The van der Waals surface area contributed by atoms with E-state index in [-0.39, 0.29) is 0 Å². The second-order valence-electron chi connectivity index (χ2n) is 6.28. The number of nitrogens with one attached hydrogen (secondary N) is 1. The molecule has 0 amide bonds. The normalized spacial score (nSPS) is 12.9. The molecule has 24 heavy (non-hydrogen) atoms. The maximum absolute atomic E-state index is 4.19. The van der Waals surface area contributed by atoms with E-state index in [4.69, 9.17) is 0 Å². The highest BCUT2D eigenvalue weighted by Crippen LogP contribution is 2.39. The summed E-state index contributed by atoms with van der Waals surface area (Å²) in [7, 11) is 0. The number of nitrogens with zero attached hydrogens (tertiary/aromatic N) is 2. The third-order valence-corrected chi connectivity index (χ3v) is 4.85. The number of H-pyrrole nitrogens is 1. The van der Waals surface area contributed by atoms with Gasteiger partial charge in [-0.25, -0.2) is 0 Å². The Hall–Kier alpha value is -3.07. The second kappa shape index (κ2) is 5.24. The molecule has 1 aliphatic heterocycles. The van der Waals surface area contributed by atoms with Gasteiger partial charge in [0.25, 0.3) is 0 Å². The Kier molecular flexibility index (Phi) is 2.92. The van der Waals surface area contributed by atoms with Gasteiger partial charge in [0.15, 0.2) is 0 Å². The van der Waals surface area contributed by atoms with Gasteiger partial charge >= 0.3 is 0 Å². The molecule has 1 aromatic heterocycles. The minimum Gasteiger partial charge on any atom is -0.362 e. The van der Waals surface area contributed by atoms with Gasteiger partial charge in [-0.2, -0.15) is 5.10 Å². The van der Waals surface area contributed by atoms with Crippen LogP contribution in [0.2, 0.25) is 0 Å². The molecule has 3 aromatic carbocycles. The molecule has 0 atom stereocenters. The fraction of sp³-hybridized carbons (Fsp3) is 0.0952. The molecule has 0 saturated heterocycles. The number of aromatic amines is 1. The van der Waals surface area contributed by atoms with Crippen molar-refractivity contribution in [2.24, 2.45) is 0 Å². The molecule has 0 fully saturated rings. The van der Waals surface area contributed by atoms with Crippen LogP contribution < -0.4 is 4.90 Å². The molecule has 0 unspecified atom stereocenters. The minimum absolute atomic E-state index is 0.877. The third kappa shape index (κ3) is 2.02. The van der Waals surface area contributed by atoms with Crippen LogP contribution in [-0.4, -0.2) is 10.2 Å². The molecule has 0 bridgehead atoms. The molecule has 1 aliphatic rings. The smallest absolute Gasteiger partial charge is 0.0653 e. The lowest BCUT2D eigenvalue weighted by atomic mass is 9.93. The van der Waals surface area contributed by atoms with Crippen molar-refractivity contribution in [3.63, 3.8) is 0 Å². The summed E-state index contributed by atoms with van der Waals surface area (Å²) in [5.41, 5.74) is 7.76. The monoisotopic (exact) mass is 311 g/mol. The van der Waals surface area contributed by atoms with Crippen molar-refractivity contribution in [3.05, 3.63) is 84.1 Å². The molecule has 0 radical (unpaired) electrons. The minimum atomic E-state index is 0.877. The van der Waals surface area contributed by atoms with Crippen LogP contribution >= 0.6 is 0 Å². The van der Waals surface area contributed by atoms with Gasteiger partial charge in [-0.15, -0.1) is 0 Å². The Morgan fingerprint density at radius 2 is 1.71 bits per heavy atom. The first-order valence-electron chi connectivity index (χ1n) is 8.23. The van der Waals surface area contributed by atoms with Gasteiger partial charge < -0.3 is 4.90 Å². The number of hydrogen-bond acceptors (Lipinski definition) is 2. The van der Waals surface area contributed by atoms with Crippen molar-refractivity contribution in [1.29, 1.82) is 0 Å². The summed E-state index contributed by atoms with van der Waals surface area (Å²) in [5.74, 6) is 0. The Balaban J connectivity index is 1.61.